The van der Waals surface area contributed by atoms with Gasteiger partial charge in [-0.25, -0.2) is 4.79 Å². The summed E-state index contributed by atoms with van der Waals surface area (Å²) in [6.07, 6.45) is 0.580. The predicted octanol–water partition coefficient (Wildman–Crippen LogP) is 6.32. The molecule has 0 saturated heterocycles. The second-order valence-electron chi connectivity index (χ2n) is 9.26. The van der Waals surface area contributed by atoms with Crippen molar-refractivity contribution in [2.75, 3.05) is 14.2 Å². The van der Waals surface area contributed by atoms with Crippen LogP contribution in [0.1, 0.15) is 56.6 Å². The first-order valence-electron chi connectivity index (χ1n) is 11.8. The highest BCUT2D eigenvalue weighted by Crippen LogP contribution is 2.47. The average Bonchev–Trinajstić information content (AvgIpc) is 2.83. The first-order valence-corrected chi connectivity index (χ1v) is 12.5. The standard InChI is InChI=1S/C28H29Cl2NO5/c1-14(2)36-28(33)25-15(3)31-21-11-18(16-7-9-23(34-4)24(13-16)35-5)12-22(32)27(21)26(25)17-6-8-19(29)20(30)10-17/h6-10,13-14,18,26,31H,11-12H2,1-5H3/t18-,26+/m1/s1. The fraction of sp³-hybridized carbons (Fsp3) is 0.357. The molecule has 0 amide bonds. The number of allylic oxidation sites excluding steroid dienone is 3. The van der Waals surface area contributed by atoms with Crippen LogP contribution >= 0.6 is 23.2 Å². The van der Waals surface area contributed by atoms with Crippen LogP contribution in [-0.2, 0) is 14.3 Å². The van der Waals surface area contributed by atoms with Gasteiger partial charge in [0.2, 0.25) is 0 Å². The molecular weight excluding hydrogens is 501 g/mol. The summed E-state index contributed by atoms with van der Waals surface area (Å²) in [5, 5.41) is 4.11. The molecule has 4 rings (SSSR count). The Hall–Kier alpha value is -2.96. The van der Waals surface area contributed by atoms with Crippen molar-refractivity contribution in [2.24, 2.45) is 0 Å². The first-order chi connectivity index (χ1) is 17.1. The summed E-state index contributed by atoms with van der Waals surface area (Å²) in [5.74, 6) is 0.0682. The van der Waals surface area contributed by atoms with Crippen molar-refractivity contribution in [3.63, 3.8) is 0 Å². The second-order valence-corrected chi connectivity index (χ2v) is 10.1. The number of esters is 1. The van der Waals surface area contributed by atoms with Crippen molar-refractivity contribution < 1.29 is 23.8 Å². The SMILES string of the molecule is COc1ccc([C@H]2CC(=O)C3=C(C2)NC(C)=C(C(=O)OC(C)C)[C@@H]3c2ccc(Cl)c(Cl)c2)cc1OC. The molecule has 0 saturated carbocycles. The topological polar surface area (TPSA) is 73.9 Å². The summed E-state index contributed by atoms with van der Waals surface area (Å²) in [6.45, 7) is 5.42. The van der Waals surface area contributed by atoms with E-state index < -0.39 is 11.9 Å². The maximum absolute atomic E-state index is 13.7. The molecule has 0 unspecified atom stereocenters. The number of ether oxygens (including phenoxy) is 3. The lowest BCUT2D eigenvalue weighted by molar-refractivity contribution is -0.143. The Kier molecular flexibility index (Phi) is 7.67. The fourth-order valence-electron chi connectivity index (χ4n) is 4.95. The maximum Gasteiger partial charge on any atom is 0.337 e. The minimum Gasteiger partial charge on any atom is -0.493 e. The summed E-state index contributed by atoms with van der Waals surface area (Å²) in [7, 11) is 3.18. The van der Waals surface area contributed by atoms with E-state index in [1.807, 2.05) is 25.1 Å². The Bertz CT molecular complexity index is 1280. The van der Waals surface area contributed by atoms with Crippen molar-refractivity contribution in [3.05, 3.63) is 80.1 Å². The molecule has 0 aromatic heterocycles. The van der Waals surface area contributed by atoms with Gasteiger partial charge in [0, 0.05) is 29.3 Å². The Labute approximate surface area is 221 Å². The first kappa shape index (κ1) is 26.1. The van der Waals surface area contributed by atoms with E-state index in [4.69, 9.17) is 37.4 Å². The number of carbonyl (C=O) groups excluding carboxylic acids is 2. The molecular formula is C28H29Cl2NO5. The number of ketones is 1. The molecule has 0 bridgehead atoms. The van der Waals surface area contributed by atoms with E-state index in [-0.39, 0.29) is 17.8 Å². The molecule has 1 aliphatic carbocycles. The third-order valence-corrected chi connectivity index (χ3v) is 7.29. The van der Waals surface area contributed by atoms with Crippen LogP contribution < -0.4 is 14.8 Å². The quantitative estimate of drug-likeness (QED) is 0.441. The zero-order valence-corrected chi connectivity index (χ0v) is 22.4. The van der Waals surface area contributed by atoms with Crippen molar-refractivity contribution in [2.45, 2.75) is 51.6 Å². The van der Waals surface area contributed by atoms with Gasteiger partial charge in [-0.1, -0.05) is 35.3 Å². The summed E-state index contributed by atoms with van der Waals surface area (Å²) in [6, 6.07) is 10.9. The number of dihydropyridines is 1. The zero-order chi connectivity index (χ0) is 26.1. The predicted molar refractivity (Wildman–Crippen MR) is 140 cm³/mol. The van der Waals surface area contributed by atoms with E-state index in [1.54, 1.807) is 46.3 Å². The van der Waals surface area contributed by atoms with E-state index >= 15 is 0 Å². The third kappa shape index (κ3) is 4.97. The zero-order valence-electron chi connectivity index (χ0n) is 20.9. The number of hydrogen-bond donors (Lipinski definition) is 1. The van der Waals surface area contributed by atoms with Crippen LogP contribution in [0.4, 0.5) is 0 Å². The number of Topliss-reactive ketones (excluding diaryl/α,β-unsaturated/α-hetero) is 1. The Morgan fingerprint density at radius 1 is 0.972 bits per heavy atom. The van der Waals surface area contributed by atoms with Gasteiger partial charge in [0.15, 0.2) is 17.3 Å². The molecule has 190 valence electrons. The van der Waals surface area contributed by atoms with Gasteiger partial charge in [-0.2, -0.15) is 0 Å². The highest BCUT2D eigenvalue weighted by atomic mass is 35.5. The van der Waals surface area contributed by atoms with Gasteiger partial charge in [0.1, 0.15) is 0 Å². The molecule has 2 aromatic rings. The largest absolute Gasteiger partial charge is 0.493 e. The summed E-state index contributed by atoms with van der Waals surface area (Å²) in [5.41, 5.74) is 4.10. The van der Waals surface area contributed by atoms with Gasteiger partial charge >= 0.3 is 5.97 Å². The monoisotopic (exact) mass is 529 g/mol. The molecule has 0 fully saturated rings. The van der Waals surface area contributed by atoms with Crippen LogP contribution in [-0.4, -0.2) is 32.1 Å². The number of rotatable bonds is 6. The van der Waals surface area contributed by atoms with Gasteiger partial charge in [0.05, 0.1) is 35.9 Å². The van der Waals surface area contributed by atoms with Crippen molar-refractivity contribution in [1.82, 2.24) is 5.32 Å². The Morgan fingerprint density at radius 2 is 1.67 bits per heavy atom. The molecule has 2 atom stereocenters. The molecule has 1 aliphatic heterocycles. The highest BCUT2D eigenvalue weighted by Gasteiger charge is 2.41. The Balaban J connectivity index is 1.79. The van der Waals surface area contributed by atoms with Gasteiger partial charge in [-0.15, -0.1) is 0 Å². The molecule has 8 heteroatoms. The maximum atomic E-state index is 13.7. The molecule has 2 aliphatic rings. The van der Waals surface area contributed by atoms with Gasteiger partial charge < -0.3 is 19.5 Å². The van der Waals surface area contributed by atoms with Crippen molar-refractivity contribution in [3.8, 4) is 11.5 Å². The van der Waals surface area contributed by atoms with Crippen LogP contribution in [0.15, 0.2) is 58.9 Å². The van der Waals surface area contributed by atoms with Crippen molar-refractivity contribution >= 4 is 35.0 Å². The van der Waals surface area contributed by atoms with Crippen LogP contribution in [0.2, 0.25) is 10.0 Å². The van der Waals surface area contributed by atoms with Crippen LogP contribution in [0, 0.1) is 0 Å². The Morgan fingerprint density at radius 3 is 2.31 bits per heavy atom. The lowest BCUT2D eigenvalue weighted by atomic mass is 9.71. The normalized spacial score (nSPS) is 19.7. The van der Waals surface area contributed by atoms with Crippen LogP contribution in [0.5, 0.6) is 11.5 Å². The number of methoxy groups -OCH3 is 2. The lowest BCUT2D eigenvalue weighted by Gasteiger charge is -2.37. The number of nitrogens with one attached hydrogen (secondary N) is 1. The average molecular weight is 530 g/mol. The summed E-state index contributed by atoms with van der Waals surface area (Å²) in [4.78, 5) is 26.9. The van der Waals surface area contributed by atoms with E-state index in [0.717, 1.165) is 11.3 Å². The van der Waals surface area contributed by atoms with E-state index in [9.17, 15) is 9.59 Å². The smallest absolute Gasteiger partial charge is 0.337 e. The highest BCUT2D eigenvalue weighted by molar-refractivity contribution is 6.42. The number of carbonyl (C=O) groups is 2. The number of hydrogen-bond acceptors (Lipinski definition) is 6. The van der Waals surface area contributed by atoms with E-state index in [0.29, 0.717) is 56.8 Å². The van der Waals surface area contributed by atoms with Crippen LogP contribution in [0.3, 0.4) is 0 Å². The van der Waals surface area contributed by atoms with Crippen molar-refractivity contribution in [1.29, 1.82) is 0 Å². The molecule has 0 spiro atoms. The molecule has 2 aromatic carbocycles. The molecule has 6 nitrogen and oxygen atoms in total. The molecule has 0 radical (unpaired) electrons. The molecule has 1 N–H and O–H groups in total. The summed E-state index contributed by atoms with van der Waals surface area (Å²) < 4.78 is 16.4. The number of benzene rings is 2. The van der Waals surface area contributed by atoms with Gasteiger partial charge in [-0.05, 0) is 68.5 Å². The molecule has 1 heterocycles. The minimum absolute atomic E-state index is 0.0399. The third-order valence-electron chi connectivity index (χ3n) is 6.55. The van der Waals surface area contributed by atoms with E-state index in [1.165, 1.54) is 0 Å². The van der Waals surface area contributed by atoms with Gasteiger partial charge in [0.25, 0.3) is 0 Å². The lowest BCUT2D eigenvalue weighted by Crippen LogP contribution is -2.36. The van der Waals surface area contributed by atoms with Gasteiger partial charge in [-0.3, -0.25) is 4.79 Å². The minimum atomic E-state index is -0.610. The van der Waals surface area contributed by atoms with E-state index in [2.05, 4.69) is 5.32 Å². The fourth-order valence-corrected chi connectivity index (χ4v) is 5.26. The number of halogens is 2. The molecule has 36 heavy (non-hydrogen) atoms. The van der Waals surface area contributed by atoms with Crippen LogP contribution in [0.25, 0.3) is 0 Å². The summed E-state index contributed by atoms with van der Waals surface area (Å²) >= 11 is 12.5. The second kappa shape index (κ2) is 10.6.